The Morgan fingerprint density at radius 3 is 2.60 bits per heavy atom. The lowest BCUT2D eigenvalue weighted by Crippen LogP contribution is -2.22. The van der Waals surface area contributed by atoms with Gasteiger partial charge in [-0.25, -0.2) is 4.79 Å². The van der Waals surface area contributed by atoms with Crippen LogP contribution in [0.2, 0.25) is 5.02 Å². The Labute approximate surface area is 181 Å². The molecule has 0 atom stereocenters. The van der Waals surface area contributed by atoms with Crippen molar-refractivity contribution in [2.24, 2.45) is 0 Å². The van der Waals surface area contributed by atoms with Gasteiger partial charge in [-0.05, 0) is 42.8 Å². The van der Waals surface area contributed by atoms with Crippen molar-refractivity contribution in [3.8, 4) is 5.75 Å². The first kappa shape index (κ1) is 21.4. The van der Waals surface area contributed by atoms with Crippen molar-refractivity contribution in [2.75, 3.05) is 19.1 Å². The maximum atomic E-state index is 12.0. The fraction of sp³-hybridized carbons (Fsp3) is 0.167. The number of aryl methyl sites for hydroxylation is 1. The normalized spacial score (nSPS) is 10.4. The number of pyridine rings is 1. The number of esters is 1. The number of para-hydroxylation sites is 1. The van der Waals surface area contributed by atoms with Gasteiger partial charge in [-0.1, -0.05) is 42.4 Å². The molecule has 0 saturated heterocycles. The predicted octanol–water partition coefficient (Wildman–Crippen LogP) is 5.52. The molecule has 154 valence electrons. The number of methoxy groups -OCH3 is 2. The first-order chi connectivity index (χ1) is 14.4. The van der Waals surface area contributed by atoms with Gasteiger partial charge in [0.05, 0.1) is 37.7 Å². The number of nitrogens with zero attached hydrogens (tertiary/aromatic N) is 2. The van der Waals surface area contributed by atoms with E-state index in [1.54, 1.807) is 31.5 Å². The first-order valence-corrected chi connectivity index (χ1v) is 9.71. The maximum Gasteiger partial charge on any atom is 0.337 e. The smallest absolute Gasteiger partial charge is 0.337 e. The van der Waals surface area contributed by atoms with E-state index in [0.717, 1.165) is 16.8 Å². The zero-order chi connectivity index (χ0) is 21.7. The van der Waals surface area contributed by atoms with Crippen LogP contribution in [0.25, 0.3) is 5.70 Å². The number of halogens is 1. The summed E-state index contributed by atoms with van der Waals surface area (Å²) in [5.41, 5.74) is 4.63. The number of ether oxygens (including phenoxy) is 2. The van der Waals surface area contributed by atoms with Gasteiger partial charge in [0, 0.05) is 22.5 Å². The minimum absolute atomic E-state index is 0.414. The molecule has 0 spiro atoms. The van der Waals surface area contributed by atoms with E-state index < -0.39 is 5.97 Å². The highest BCUT2D eigenvalue weighted by molar-refractivity contribution is 6.30. The van der Waals surface area contributed by atoms with Gasteiger partial charge < -0.3 is 14.4 Å². The lowest BCUT2D eigenvalue weighted by molar-refractivity contribution is 0.0600. The summed E-state index contributed by atoms with van der Waals surface area (Å²) < 4.78 is 10.4. The van der Waals surface area contributed by atoms with Crippen molar-refractivity contribution in [2.45, 2.75) is 13.5 Å². The Balaban J connectivity index is 2.06. The van der Waals surface area contributed by atoms with E-state index in [0.29, 0.717) is 34.3 Å². The van der Waals surface area contributed by atoms with Crippen LogP contribution in [0.4, 0.5) is 5.69 Å². The lowest BCUT2D eigenvalue weighted by Gasteiger charge is -2.29. The fourth-order valence-electron chi connectivity index (χ4n) is 3.18. The number of anilines is 1. The fourth-order valence-corrected chi connectivity index (χ4v) is 3.35. The van der Waals surface area contributed by atoms with Crippen LogP contribution in [-0.4, -0.2) is 25.2 Å². The Morgan fingerprint density at radius 2 is 1.90 bits per heavy atom. The van der Waals surface area contributed by atoms with E-state index >= 15 is 0 Å². The quantitative estimate of drug-likeness (QED) is 0.469. The third kappa shape index (κ3) is 4.63. The van der Waals surface area contributed by atoms with Crippen LogP contribution in [0.1, 0.15) is 27.2 Å². The van der Waals surface area contributed by atoms with Crippen LogP contribution < -0.4 is 9.64 Å². The lowest BCUT2D eigenvalue weighted by atomic mass is 10.1. The Morgan fingerprint density at radius 1 is 1.13 bits per heavy atom. The van der Waals surface area contributed by atoms with Crippen LogP contribution in [0.15, 0.2) is 67.4 Å². The van der Waals surface area contributed by atoms with Gasteiger partial charge >= 0.3 is 5.97 Å². The molecule has 1 heterocycles. The number of aromatic nitrogens is 1. The summed E-state index contributed by atoms with van der Waals surface area (Å²) in [6.07, 6.45) is 1.58. The molecule has 0 fully saturated rings. The molecule has 0 amide bonds. The molecule has 3 rings (SSSR count). The maximum absolute atomic E-state index is 12.0. The average molecular weight is 423 g/mol. The Bertz CT molecular complexity index is 1080. The number of carbonyl (C=O) groups is 1. The van der Waals surface area contributed by atoms with Gasteiger partial charge in [0.15, 0.2) is 0 Å². The van der Waals surface area contributed by atoms with Gasteiger partial charge in [-0.3, -0.25) is 4.98 Å². The molecule has 6 heteroatoms. The molecule has 0 aliphatic rings. The Kier molecular flexibility index (Phi) is 6.75. The van der Waals surface area contributed by atoms with Crippen LogP contribution in [0, 0.1) is 6.92 Å². The molecule has 2 aromatic carbocycles. The van der Waals surface area contributed by atoms with Crippen molar-refractivity contribution in [1.82, 2.24) is 4.98 Å². The standard InChI is InChI=1S/C24H23ClN2O3/c1-16-7-5-6-8-22(16)27(15-19-9-10-20(25)14-23(19)29-3)17(2)21-13-18(11-12-26-21)24(28)30-4/h5-14H,2,15H2,1,3-4H3. The number of hydrogen-bond acceptors (Lipinski definition) is 5. The van der Waals surface area contributed by atoms with Crippen molar-refractivity contribution in [3.63, 3.8) is 0 Å². The van der Waals surface area contributed by atoms with Gasteiger partial charge in [0.2, 0.25) is 0 Å². The monoisotopic (exact) mass is 422 g/mol. The molecule has 0 unspecified atom stereocenters. The van der Waals surface area contributed by atoms with Crippen LogP contribution in [0.5, 0.6) is 5.75 Å². The van der Waals surface area contributed by atoms with Gasteiger partial charge in [-0.2, -0.15) is 0 Å². The molecule has 0 aliphatic carbocycles. The predicted molar refractivity (Wildman–Crippen MR) is 120 cm³/mol. The average Bonchev–Trinajstić information content (AvgIpc) is 2.77. The summed E-state index contributed by atoms with van der Waals surface area (Å²) in [5, 5.41) is 0.601. The third-order valence-corrected chi connectivity index (χ3v) is 5.02. The highest BCUT2D eigenvalue weighted by Gasteiger charge is 2.19. The number of hydrogen-bond donors (Lipinski definition) is 0. The highest BCUT2D eigenvalue weighted by atomic mass is 35.5. The minimum Gasteiger partial charge on any atom is -0.496 e. The van der Waals surface area contributed by atoms with E-state index in [2.05, 4.69) is 11.6 Å². The van der Waals surface area contributed by atoms with E-state index in [-0.39, 0.29) is 0 Å². The van der Waals surface area contributed by atoms with E-state index in [1.807, 2.05) is 48.2 Å². The van der Waals surface area contributed by atoms with E-state index in [4.69, 9.17) is 21.1 Å². The minimum atomic E-state index is -0.423. The van der Waals surface area contributed by atoms with Crippen molar-refractivity contribution in [1.29, 1.82) is 0 Å². The first-order valence-electron chi connectivity index (χ1n) is 9.33. The summed E-state index contributed by atoms with van der Waals surface area (Å²) in [5.74, 6) is 0.262. The molecule has 30 heavy (non-hydrogen) atoms. The second-order valence-electron chi connectivity index (χ2n) is 6.70. The second-order valence-corrected chi connectivity index (χ2v) is 7.13. The van der Waals surface area contributed by atoms with E-state index in [9.17, 15) is 4.79 Å². The summed E-state index contributed by atoms with van der Waals surface area (Å²) in [6.45, 7) is 6.80. The molecular formula is C24H23ClN2O3. The number of rotatable bonds is 7. The van der Waals surface area contributed by atoms with Crippen molar-refractivity contribution in [3.05, 3.63) is 94.8 Å². The zero-order valence-corrected chi connectivity index (χ0v) is 17.9. The summed E-state index contributed by atoms with van der Waals surface area (Å²) >= 11 is 6.13. The summed E-state index contributed by atoms with van der Waals surface area (Å²) in [6, 6.07) is 16.8. The molecule has 1 aromatic heterocycles. The molecule has 0 aliphatic heterocycles. The highest BCUT2D eigenvalue weighted by Crippen LogP contribution is 2.32. The van der Waals surface area contributed by atoms with Gasteiger partial charge in [-0.15, -0.1) is 0 Å². The molecule has 0 bridgehead atoms. The van der Waals surface area contributed by atoms with Crippen LogP contribution in [0.3, 0.4) is 0 Å². The molecule has 5 nitrogen and oxygen atoms in total. The largest absolute Gasteiger partial charge is 0.496 e. The topological polar surface area (TPSA) is 51.7 Å². The molecule has 0 radical (unpaired) electrons. The summed E-state index contributed by atoms with van der Waals surface area (Å²) in [7, 11) is 2.97. The Hall–Kier alpha value is -3.31. The molecule has 0 saturated carbocycles. The zero-order valence-electron chi connectivity index (χ0n) is 17.2. The molecule has 0 N–H and O–H groups in total. The second kappa shape index (κ2) is 9.46. The number of benzene rings is 2. The third-order valence-electron chi connectivity index (χ3n) is 4.79. The molecular weight excluding hydrogens is 400 g/mol. The van der Waals surface area contributed by atoms with Gasteiger partial charge in [0.1, 0.15) is 5.75 Å². The van der Waals surface area contributed by atoms with Crippen LogP contribution >= 0.6 is 11.6 Å². The SMILES string of the molecule is C=C(c1cc(C(=O)OC)ccn1)N(Cc1ccc(Cl)cc1OC)c1ccccc1C. The summed E-state index contributed by atoms with van der Waals surface area (Å²) in [4.78, 5) is 18.4. The van der Waals surface area contributed by atoms with E-state index in [1.165, 1.54) is 7.11 Å². The van der Waals surface area contributed by atoms with Crippen molar-refractivity contribution < 1.29 is 14.3 Å². The number of carbonyl (C=O) groups excluding carboxylic acids is 1. The van der Waals surface area contributed by atoms with Gasteiger partial charge in [0.25, 0.3) is 0 Å². The van der Waals surface area contributed by atoms with Crippen molar-refractivity contribution >= 4 is 29.0 Å². The molecule has 3 aromatic rings. The van der Waals surface area contributed by atoms with Crippen LogP contribution in [-0.2, 0) is 11.3 Å².